The number of amides is 1. The van der Waals surface area contributed by atoms with E-state index in [1.54, 1.807) is 23.7 Å². The zero-order chi connectivity index (χ0) is 14.8. The van der Waals surface area contributed by atoms with Crippen LogP contribution in [-0.4, -0.2) is 31.3 Å². The number of rotatable bonds is 3. The Morgan fingerprint density at radius 1 is 1.29 bits per heavy atom. The number of anilines is 1. The Bertz CT molecular complexity index is 778. The normalized spacial score (nSPS) is 10.6. The van der Waals surface area contributed by atoms with Gasteiger partial charge in [0.1, 0.15) is 6.33 Å². The number of carbonyl (C=O) groups excluding carboxylic acids is 1. The van der Waals surface area contributed by atoms with Crippen molar-refractivity contribution in [3.8, 4) is 5.69 Å². The van der Waals surface area contributed by atoms with Gasteiger partial charge in [0.2, 0.25) is 5.76 Å². The minimum atomic E-state index is -0.342. The van der Waals surface area contributed by atoms with Crippen LogP contribution in [0.4, 0.5) is 5.69 Å². The Kier molecular flexibility index (Phi) is 3.19. The highest BCUT2D eigenvalue weighted by Gasteiger charge is 2.12. The number of nitrogens with one attached hydrogen (secondary N) is 1. The molecule has 0 radical (unpaired) electrons. The number of aromatic nitrogens is 5. The van der Waals surface area contributed by atoms with Gasteiger partial charge >= 0.3 is 0 Å². The Balaban J connectivity index is 1.81. The summed E-state index contributed by atoms with van der Waals surface area (Å²) in [4.78, 5) is 12.0. The monoisotopic (exact) mass is 284 g/mol. The van der Waals surface area contributed by atoms with Crippen molar-refractivity contribution in [1.29, 1.82) is 0 Å². The molecule has 0 aliphatic heterocycles. The Hall–Kier alpha value is -3.03. The van der Waals surface area contributed by atoms with Crippen molar-refractivity contribution in [2.24, 2.45) is 0 Å². The predicted molar refractivity (Wildman–Crippen MR) is 73.1 cm³/mol. The molecule has 8 nitrogen and oxygen atoms in total. The van der Waals surface area contributed by atoms with Gasteiger partial charge in [-0.3, -0.25) is 4.79 Å². The van der Waals surface area contributed by atoms with Gasteiger partial charge in [0.15, 0.2) is 0 Å². The lowest BCUT2D eigenvalue weighted by Gasteiger charge is -2.08. The molecule has 0 unspecified atom stereocenters. The highest BCUT2D eigenvalue weighted by Crippen LogP contribution is 2.18. The lowest BCUT2D eigenvalue weighted by molar-refractivity contribution is 0.0988. The number of tetrazole rings is 1. The van der Waals surface area contributed by atoms with Crippen LogP contribution in [0.15, 0.2) is 35.1 Å². The Morgan fingerprint density at radius 3 is 2.76 bits per heavy atom. The predicted octanol–water partition coefficient (Wildman–Crippen LogP) is 1.52. The maximum Gasteiger partial charge on any atom is 0.294 e. The summed E-state index contributed by atoms with van der Waals surface area (Å²) in [5, 5.41) is 17.5. The quantitative estimate of drug-likeness (QED) is 0.782. The molecule has 2 aromatic heterocycles. The third kappa shape index (κ3) is 2.64. The van der Waals surface area contributed by atoms with Gasteiger partial charge in [-0.2, -0.15) is 0 Å². The summed E-state index contributed by atoms with van der Waals surface area (Å²) in [7, 11) is 0. The van der Waals surface area contributed by atoms with Crippen molar-refractivity contribution in [3.63, 3.8) is 0 Å². The second-order valence-corrected chi connectivity index (χ2v) is 4.54. The summed E-state index contributed by atoms with van der Waals surface area (Å²) in [6.07, 6.45) is 1.51. The average Bonchev–Trinajstić information content (AvgIpc) is 3.10. The summed E-state index contributed by atoms with van der Waals surface area (Å²) in [6, 6.07) is 7.01. The average molecular weight is 284 g/mol. The molecule has 8 heteroatoms. The van der Waals surface area contributed by atoms with Gasteiger partial charge in [-0.25, -0.2) is 4.68 Å². The number of nitrogens with zero attached hydrogens (tertiary/aromatic N) is 5. The van der Waals surface area contributed by atoms with Gasteiger partial charge in [0, 0.05) is 11.8 Å². The highest BCUT2D eigenvalue weighted by atomic mass is 16.5. The van der Waals surface area contributed by atoms with Gasteiger partial charge in [0.25, 0.3) is 5.91 Å². The molecule has 0 bridgehead atoms. The minimum absolute atomic E-state index is 0.176. The Morgan fingerprint density at radius 2 is 2.14 bits per heavy atom. The first-order chi connectivity index (χ1) is 10.1. The number of hydrogen-bond donors (Lipinski definition) is 1. The maximum atomic E-state index is 12.0. The molecule has 106 valence electrons. The van der Waals surface area contributed by atoms with Crippen molar-refractivity contribution in [3.05, 3.63) is 47.6 Å². The second-order valence-electron chi connectivity index (χ2n) is 4.54. The molecular weight excluding hydrogens is 272 g/mol. The van der Waals surface area contributed by atoms with Gasteiger partial charge in [-0.05, 0) is 48.0 Å². The van der Waals surface area contributed by atoms with Crippen molar-refractivity contribution >= 4 is 11.6 Å². The number of benzene rings is 1. The van der Waals surface area contributed by atoms with Crippen LogP contribution in [0.2, 0.25) is 0 Å². The smallest absolute Gasteiger partial charge is 0.294 e. The highest BCUT2D eigenvalue weighted by molar-refractivity contribution is 6.02. The fourth-order valence-electron chi connectivity index (χ4n) is 1.93. The van der Waals surface area contributed by atoms with Crippen LogP contribution in [0.5, 0.6) is 0 Å². The first-order valence-electron chi connectivity index (χ1n) is 6.22. The first-order valence-corrected chi connectivity index (χ1v) is 6.22. The van der Waals surface area contributed by atoms with Crippen LogP contribution in [0.3, 0.4) is 0 Å². The molecule has 3 aromatic rings. The van der Waals surface area contributed by atoms with Crippen LogP contribution in [-0.2, 0) is 0 Å². The topological polar surface area (TPSA) is 98.7 Å². The van der Waals surface area contributed by atoms with Crippen molar-refractivity contribution < 1.29 is 9.32 Å². The molecule has 0 aliphatic rings. The van der Waals surface area contributed by atoms with E-state index in [0.29, 0.717) is 11.4 Å². The first kappa shape index (κ1) is 13.0. The zero-order valence-corrected chi connectivity index (χ0v) is 11.4. The number of carbonyl (C=O) groups is 1. The van der Waals surface area contributed by atoms with Gasteiger partial charge in [-0.15, -0.1) is 5.10 Å². The largest absolute Gasteiger partial charge is 0.351 e. The molecule has 0 saturated heterocycles. The third-order valence-electron chi connectivity index (χ3n) is 2.90. The number of hydrogen-bond acceptors (Lipinski definition) is 6. The van der Waals surface area contributed by atoms with Crippen molar-refractivity contribution in [2.75, 3.05) is 5.32 Å². The third-order valence-corrected chi connectivity index (χ3v) is 2.90. The minimum Gasteiger partial charge on any atom is -0.351 e. The van der Waals surface area contributed by atoms with Crippen LogP contribution in [0.1, 0.15) is 21.8 Å². The summed E-state index contributed by atoms with van der Waals surface area (Å²) in [5.41, 5.74) is 3.08. The fourth-order valence-corrected chi connectivity index (χ4v) is 1.93. The lowest BCUT2D eigenvalue weighted by atomic mass is 10.1. The Labute approximate surface area is 119 Å². The summed E-state index contributed by atoms with van der Waals surface area (Å²) >= 11 is 0. The van der Waals surface area contributed by atoms with Crippen molar-refractivity contribution in [2.45, 2.75) is 13.8 Å². The van der Waals surface area contributed by atoms with Crippen LogP contribution < -0.4 is 5.32 Å². The van der Waals surface area contributed by atoms with E-state index in [4.69, 9.17) is 4.52 Å². The molecular formula is C13H12N6O2. The SMILES string of the molecule is Cc1cc(C(=O)Nc2ccc(-n3cnnn3)c(C)c2)on1. The van der Waals surface area contributed by atoms with E-state index in [-0.39, 0.29) is 11.7 Å². The van der Waals surface area contributed by atoms with E-state index in [9.17, 15) is 4.79 Å². The summed E-state index contributed by atoms with van der Waals surface area (Å²) in [5.74, 6) is -0.167. The molecule has 0 saturated carbocycles. The van der Waals surface area contributed by atoms with E-state index >= 15 is 0 Å². The maximum absolute atomic E-state index is 12.0. The standard InChI is InChI=1S/C13H12N6O2/c1-8-5-10(3-4-11(8)19-7-14-17-18-19)15-13(20)12-6-9(2)16-21-12/h3-7H,1-2H3,(H,15,20). The zero-order valence-electron chi connectivity index (χ0n) is 11.4. The van der Waals surface area contributed by atoms with E-state index in [1.165, 1.54) is 6.33 Å². The lowest BCUT2D eigenvalue weighted by Crippen LogP contribution is -2.11. The molecule has 0 aliphatic carbocycles. The fraction of sp³-hybridized carbons (Fsp3) is 0.154. The summed E-state index contributed by atoms with van der Waals surface area (Å²) < 4.78 is 6.47. The molecule has 2 heterocycles. The summed E-state index contributed by atoms with van der Waals surface area (Å²) in [6.45, 7) is 3.66. The van der Waals surface area contributed by atoms with Crippen LogP contribution in [0.25, 0.3) is 5.69 Å². The molecule has 0 spiro atoms. The molecule has 0 atom stereocenters. The van der Waals surface area contributed by atoms with E-state index < -0.39 is 0 Å². The van der Waals surface area contributed by atoms with Crippen molar-refractivity contribution in [1.82, 2.24) is 25.4 Å². The van der Waals surface area contributed by atoms with Crippen LogP contribution >= 0.6 is 0 Å². The van der Waals surface area contributed by atoms with Gasteiger partial charge in [-0.1, -0.05) is 5.16 Å². The molecule has 1 amide bonds. The number of aryl methyl sites for hydroxylation is 2. The molecule has 0 fully saturated rings. The van der Waals surface area contributed by atoms with Gasteiger partial charge in [0.05, 0.1) is 11.4 Å². The van der Waals surface area contributed by atoms with Gasteiger partial charge < -0.3 is 9.84 Å². The molecule has 1 N–H and O–H groups in total. The van der Waals surface area contributed by atoms with E-state index in [1.807, 2.05) is 19.1 Å². The van der Waals surface area contributed by atoms with Crippen LogP contribution in [0, 0.1) is 13.8 Å². The molecule has 21 heavy (non-hydrogen) atoms. The molecule has 3 rings (SSSR count). The second kappa shape index (κ2) is 5.16. The van der Waals surface area contributed by atoms with E-state index in [2.05, 4.69) is 26.0 Å². The van der Waals surface area contributed by atoms with E-state index in [0.717, 1.165) is 11.3 Å². The molecule has 1 aromatic carbocycles.